The average Bonchev–Trinajstić information content (AvgIpc) is 2.36. The van der Waals surface area contributed by atoms with Gasteiger partial charge >= 0.3 is 0 Å². The molecule has 2 aromatic rings. The summed E-state index contributed by atoms with van der Waals surface area (Å²) in [5.74, 6) is 1.69. The number of benzene rings is 1. The molecule has 0 atom stereocenters. The third kappa shape index (κ3) is 2.40. The molecule has 1 heterocycles. The summed E-state index contributed by atoms with van der Waals surface area (Å²) in [6.45, 7) is 2.27. The largest absolute Gasteiger partial charge is 0.389 e. The van der Waals surface area contributed by atoms with Crippen molar-refractivity contribution in [3.8, 4) is 0 Å². The van der Waals surface area contributed by atoms with Gasteiger partial charge in [0.1, 0.15) is 10.8 Å². The number of aromatic nitrogens is 1. The van der Waals surface area contributed by atoms with Gasteiger partial charge in [-0.15, -0.1) is 0 Å². The van der Waals surface area contributed by atoms with E-state index in [0.717, 1.165) is 28.2 Å². The van der Waals surface area contributed by atoms with E-state index in [4.69, 9.17) is 18.0 Å². The second kappa shape index (κ2) is 4.78. The number of nitrogens with zero attached hydrogens (tertiary/aromatic N) is 1. The maximum absolute atomic E-state index is 5.82. The van der Waals surface area contributed by atoms with E-state index in [1.54, 1.807) is 0 Å². The van der Waals surface area contributed by atoms with Crippen LogP contribution < -0.4 is 11.1 Å². The molecule has 0 spiro atoms. The molecule has 0 amide bonds. The first-order chi connectivity index (χ1) is 9.13. The van der Waals surface area contributed by atoms with E-state index >= 15 is 0 Å². The molecule has 1 saturated carbocycles. The fourth-order valence-corrected chi connectivity index (χ4v) is 2.85. The van der Waals surface area contributed by atoms with Gasteiger partial charge in [0.25, 0.3) is 0 Å². The SMILES string of the molecule is CC1CC(Nc2cc(C(N)=S)c3ccccc3n2)C1. The molecule has 0 radical (unpaired) electrons. The zero-order valence-electron chi connectivity index (χ0n) is 10.9. The third-order valence-corrected chi connectivity index (χ3v) is 3.93. The first-order valence-corrected chi connectivity index (χ1v) is 7.00. The summed E-state index contributed by atoms with van der Waals surface area (Å²) in [6, 6.07) is 10.5. The highest BCUT2D eigenvalue weighted by atomic mass is 32.1. The van der Waals surface area contributed by atoms with E-state index in [1.165, 1.54) is 12.8 Å². The molecule has 3 rings (SSSR count). The Kier molecular flexibility index (Phi) is 3.11. The summed E-state index contributed by atoms with van der Waals surface area (Å²) < 4.78 is 0. The molecule has 19 heavy (non-hydrogen) atoms. The molecule has 1 fully saturated rings. The Bertz CT molecular complexity index is 632. The second-order valence-corrected chi connectivity index (χ2v) is 5.79. The summed E-state index contributed by atoms with van der Waals surface area (Å²) >= 11 is 5.15. The van der Waals surface area contributed by atoms with Crippen molar-refractivity contribution in [3.05, 3.63) is 35.9 Å². The summed E-state index contributed by atoms with van der Waals surface area (Å²) in [5.41, 5.74) is 7.66. The van der Waals surface area contributed by atoms with Crippen LogP contribution in [0.4, 0.5) is 5.82 Å². The Morgan fingerprint density at radius 1 is 1.37 bits per heavy atom. The molecule has 1 aromatic carbocycles. The number of hydrogen-bond acceptors (Lipinski definition) is 3. The summed E-state index contributed by atoms with van der Waals surface area (Å²) in [4.78, 5) is 5.06. The minimum Gasteiger partial charge on any atom is -0.389 e. The minimum absolute atomic E-state index is 0.420. The highest BCUT2D eigenvalue weighted by Crippen LogP contribution is 2.30. The molecule has 3 N–H and O–H groups in total. The molecule has 1 aliphatic rings. The van der Waals surface area contributed by atoms with Crippen molar-refractivity contribution in [2.24, 2.45) is 11.7 Å². The fraction of sp³-hybridized carbons (Fsp3) is 0.333. The Morgan fingerprint density at radius 2 is 2.11 bits per heavy atom. The number of nitrogens with two attached hydrogens (primary N) is 1. The van der Waals surface area contributed by atoms with Crippen LogP contribution in [0.1, 0.15) is 25.3 Å². The number of hydrogen-bond donors (Lipinski definition) is 2. The average molecular weight is 271 g/mol. The lowest BCUT2D eigenvalue weighted by Crippen LogP contribution is -2.34. The van der Waals surface area contributed by atoms with Gasteiger partial charge in [-0.3, -0.25) is 0 Å². The summed E-state index contributed by atoms with van der Waals surface area (Å²) in [7, 11) is 0. The smallest absolute Gasteiger partial charge is 0.127 e. The zero-order chi connectivity index (χ0) is 13.4. The van der Waals surface area contributed by atoms with E-state index in [2.05, 4.69) is 17.2 Å². The van der Waals surface area contributed by atoms with E-state index in [0.29, 0.717) is 11.0 Å². The monoisotopic (exact) mass is 271 g/mol. The number of thiocarbonyl (C=S) groups is 1. The molecule has 1 aliphatic carbocycles. The molecular formula is C15H17N3S. The fourth-order valence-electron chi connectivity index (χ4n) is 2.68. The Hall–Kier alpha value is -1.68. The molecule has 3 nitrogen and oxygen atoms in total. The molecule has 98 valence electrons. The van der Waals surface area contributed by atoms with Crippen molar-refractivity contribution in [3.63, 3.8) is 0 Å². The lowest BCUT2D eigenvalue weighted by molar-refractivity contribution is 0.308. The van der Waals surface area contributed by atoms with Crippen LogP contribution in [0.25, 0.3) is 10.9 Å². The van der Waals surface area contributed by atoms with Crippen molar-refractivity contribution >= 4 is 33.9 Å². The van der Waals surface area contributed by atoms with Gasteiger partial charge in [0.15, 0.2) is 0 Å². The van der Waals surface area contributed by atoms with Crippen LogP contribution in [0.15, 0.2) is 30.3 Å². The number of nitrogens with one attached hydrogen (secondary N) is 1. The maximum Gasteiger partial charge on any atom is 0.127 e. The van der Waals surface area contributed by atoms with Crippen molar-refractivity contribution in [1.82, 2.24) is 4.98 Å². The molecule has 0 unspecified atom stereocenters. The van der Waals surface area contributed by atoms with Crippen LogP contribution in [0.3, 0.4) is 0 Å². The number of fused-ring (bicyclic) bond motifs is 1. The van der Waals surface area contributed by atoms with Crippen LogP contribution in [0.5, 0.6) is 0 Å². The molecule has 0 bridgehead atoms. The van der Waals surface area contributed by atoms with E-state index in [9.17, 15) is 0 Å². The van der Waals surface area contributed by atoms with Crippen LogP contribution in [0.2, 0.25) is 0 Å². The molecular weight excluding hydrogens is 254 g/mol. The standard InChI is InChI=1S/C15H17N3S/c1-9-6-10(7-9)17-14-8-12(15(16)19)11-4-2-3-5-13(11)18-14/h2-5,8-10H,6-7H2,1H3,(H2,16,19)(H,17,18). The normalized spacial score (nSPS) is 21.9. The van der Waals surface area contributed by atoms with Gasteiger partial charge in [-0.1, -0.05) is 37.3 Å². The Balaban J connectivity index is 1.99. The molecule has 0 saturated heterocycles. The Labute approximate surface area is 118 Å². The van der Waals surface area contributed by atoms with Gasteiger partial charge in [0, 0.05) is 17.0 Å². The van der Waals surface area contributed by atoms with Crippen molar-refractivity contribution in [1.29, 1.82) is 0 Å². The number of rotatable bonds is 3. The van der Waals surface area contributed by atoms with E-state index in [1.807, 2.05) is 30.3 Å². The maximum atomic E-state index is 5.82. The third-order valence-electron chi connectivity index (χ3n) is 3.71. The van der Waals surface area contributed by atoms with E-state index in [-0.39, 0.29) is 0 Å². The highest BCUT2D eigenvalue weighted by Gasteiger charge is 2.25. The van der Waals surface area contributed by atoms with Gasteiger partial charge in [0.05, 0.1) is 5.52 Å². The predicted octanol–water partition coefficient (Wildman–Crippen LogP) is 3.08. The Morgan fingerprint density at radius 3 is 2.79 bits per heavy atom. The van der Waals surface area contributed by atoms with Crippen molar-refractivity contribution < 1.29 is 0 Å². The lowest BCUT2D eigenvalue weighted by atomic mass is 9.82. The summed E-state index contributed by atoms with van der Waals surface area (Å²) in [6.07, 6.45) is 2.41. The van der Waals surface area contributed by atoms with Crippen LogP contribution >= 0.6 is 12.2 Å². The summed E-state index contributed by atoms with van der Waals surface area (Å²) in [5, 5.41) is 4.49. The first-order valence-electron chi connectivity index (χ1n) is 6.59. The van der Waals surface area contributed by atoms with Crippen LogP contribution in [-0.4, -0.2) is 16.0 Å². The first kappa shape index (κ1) is 12.4. The minimum atomic E-state index is 0.420. The molecule has 1 aromatic heterocycles. The predicted molar refractivity (Wildman–Crippen MR) is 83.4 cm³/mol. The molecule has 4 heteroatoms. The van der Waals surface area contributed by atoms with Gasteiger partial charge in [-0.2, -0.15) is 0 Å². The quantitative estimate of drug-likeness (QED) is 0.842. The number of anilines is 1. The topological polar surface area (TPSA) is 50.9 Å². The second-order valence-electron chi connectivity index (χ2n) is 5.35. The van der Waals surface area contributed by atoms with Gasteiger partial charge in [0.2, 0.25) is 0 Å². The van der Waals surface area contributed by atoms with Gasteiger partial charge in [-0.25, -0.2) is 4.98 Å². The van der Waals surface area contributed by atoms with Crippen molar-refractivity contribution in [2.75, 3.05) is 5.32 Å². The zero-order valence-corrected chi connectivity index (χ0v) is 11.7. The highest BCUT2D eigenvalue weighted by molar-refractivity contribution is 7.80. The van der Waals surface area contributed by atoms with Crippen molar-refractivity contribution in [2.45, 2.75) is 25.8 Å². The van der Waals surface area contributed by atoms with Crippen LogP contribution in [0, 0.1) is 5.92 Å². The number of pyridine rings is 1. The van der Waals surface area contributed by atoms with Gasteiger partial charge in [-0.05, 0) is 30.9 Å². The molecule has 0 aliphatic heterocycles. The van der Waals surface area contributed by atoms with E-state index < -0.39 is 0 Å². The lowest BCUT2D eigenvalue weighted by Gasteiger charge is -2.33. The van der Waals surface area contributed by atoms with Gasteiger partial charge < -0.3 is 11.1 Å². The number of para-hydroxylation sites is 1. The van der Waals surface area contributed by atoms with Crippen LogP contribution in [-0.2, 0) is 0 Å².